The van der Waals surface area contributed by atoms with Crippen LogP contribution in [-0.2, 0) is 4.79 Å². The predicted octanol–water partition coefficient (Wildman–Crippen LogP) is 1.56. The molecule has 1 fully saturated rings. The Morgan fingerprint density at radius 2 is 2.29 bits per heavy atom. The second-order valence-corrected chi connectivity index (χ2v) is 4.18. The van der Waals surface area contributed by atoms with Gasteiger partial charge in [-0.25, -0.2) is 0 Å². The zero-order valence-electron chi connectivity index (χ0n) is 7.59. The summed E-state index contributed by atoms with van der Waals surface area (Å²) in [5.74, 6) is 0.105. The normalized spacial score (nSPS) is 21.8. The van der Waals surface area contributed by atoms with Gasteiger partial charge in [0.25, 0.3) is 0 Å². The minimum absolute atomic E-state index is 0.0475. The van der Waals surface area contributed by atoms with Crippen molar-refractivity contribution < 1.29 is 4.79 Å². The number of hydrogen-bond donors (Lipinski definition) is 2. The van der Waals surface area contributed by atoms with E-state index in [-0.39, 0.29) is 12.1 Å². The smallest absolute Gasteiger partial charge is 0.222 e. The molecule has 0 aromatic heterocycles. The van der Waals surface area contributed by atoms with E-state index in [4.69, 9.17) is 0 Å². The molecule has 1 aliphatic heterocycles. The first-order valence-corrected chi connectivity index (χ1v) is 5.33. The summed E-state index contributed by atoms with van der Waals surface area (Å²) in [7, 11) is 0. The van der Waals surface area contributed by atoms with Crippen LogP contribution in [0.5, 0.6) is 0 Å². The average molecular weight is 255 g/mol. The molecule has 1 saturated heterocycles. The molecule has 1 atom stereocenters. The van der Waals surface area contributed by atoms with Gasteiger partial charge in [0.1, 0.15) is 6.17 Å². The zero-order chi connectivity index (χ0) is 9.97. The second-order valence-electron chi connectivity index (χ2n) is 3.26. The molecule has 14 heavy (non-hydrogen) atoms. The standard InChI is InChI=1S/C10H11BrN2O/c11-8-3-1-2-7(6-8)10-12-5-4-9(14)13-10/h1-3,6,10,12H,4-5H2,(H,13,14)/t10-/m0/s1. The number of carbonyl (C=O) groups is 1. The maximum Gasteiger partial charge on any atom is 0.222 e. The Bertz CT molecular complexity index is 354. The average Bonchev–Trinajstić information content (AvgIpc) is 2.18. The molecule has 0 bridgehead atoms. The van der Waals surface area contributed by atoms with Crippen molar-refractivity contribution in [2.24, 2.45) is 0 Å². The Kier molecular flexibility index (Phi) is 2.84. The van der Waals surface area contributed by atoms with Gasteiger partial charge in [-0.3, -0.25) is 10.1 Å². The van der Waals surface area contributed by atoms with Crippen molar-refractivity contribution in [2.45, 2.75) is 12.6 Å². The molecule has 4 heteroatoms. The van der Waals surface area contributed by atoms with Crippen LogP contribution in [0.4, 0.5) is 0 Å². The number of benzene rings is 1. The van der Waals surface area contributed by atoms with E-state index in [9.17, 15) is 4.79 Å². The fourth-order valence-corrected chi connectivity index (χ4v) is 1.92. The molecule has 1 heterocycles. The number of rotatable bonds is 1. The van der Waals surface area contributed by atoms with Crippen LogP contribution in [0.3, 0.4) is 0 Å². The first kappa shape index (κ1) is 9.68. The van der Waals surface area contributed by atoms with Gasteiger partial charge >= 0.3 is 0 Å². The van der Waals surface area contributed by atoms with Crippen LogP contribution in [-0.4, -0.2) is 12.5 Å². The van der Waals surface area contributed by atoms with E-state index in [2.05, 4.69) is 26.6 Å². The summed E-state index contributed by atoms with van der Waals surface area (Å²) in [4.78, 5) is 11.2. The molecule has 3 nitrogen and oxygen atoms in total. The van der Waals surface area contributed by atoms with Gasteiger partial charge in [0, 0.05) is 17.4 Å². The first-order chi connectivity index (χ1) is 6.75. The molecular formula is C10H11BrN2O. The zero-order valence-corrected chi connectivity index (χ0v) is 9.17. The number of halogens is 1. The molecule has 1 amide bonds. The lowest BCUT2D eigenvalue weighted by Crippen LogP contribution is -2.44. The maximum atomic E-state index is 11.2. The van der Waals surface area contributed by atoms with Crippen molar-refractivity contribution >= 4 is 21.8 Å². The van der Waals surface area contributed by atoms with Gasteiger partial charge in [0.15, 0.2) is 0 Å². The molecule has 2 rings (SSSR count). The SMILES string of the molecule is O=C1CCN[C@H](c2cccc(Br)c2)N1. The third-order valence-electron chi connectivity index (χ3n) is 2.19. The molecule has 0 radical (unpaired) electrons. The summed E-state index contributed by atoms with van der Waals surface area (Å²) >= 11 is 3.40. The molecular weight excluding hydrogens is 244 g/mol. The molecule has 0 saturated carbocycles. The van der Waals surface area contributed by atoms with Crippen molar-refractivity contribution in [3.05, 3.63) is 34.3 Å². The van der Waals surface area contributed by atoms with Crippen LogP contribution < -0.4 is 10.6 Å². The van der Waals surface area contributed by atoms with Crippen LogP contribution in [0.25, 0.3) is 0 Å². The van der Waals surface area contributed by atoms with Crippen LogP contribution in [0, 0.1) is 0 Å². The van der Waals surface area contributed by atoms with Gasteiger partial charge in [-0.2, -0.15) is 0 Å². The van der Waals surface area contributed by atoms with Crippen LogP contribution in [0.15, 0.2) is 28.7 Å². The highest BCUT2D eigenvalue weighted by molar-refractivity contribution is 9.10. The third-order valence-corrected chi connectivity index (χ3v) is 2.68. The van der Waals surface area contributed by atoms with Crippen molar-refractivity contribution in [2.75, 3.05) is 6.54 Å². The fourth-order valence-electron chi connectivity index (χ4n) is 1.50. The highest BCUT2D eigenvalue weighted by Gasteiger charge is 2.18. The molecule has 74 valence electrons. The number of hydrogen-bond acceptors (Lipinski definition) is 2. The lowest BCUT2D eigenvalue weighted by Gasteiger charge is -2.25. The summed E-state index contributed by atoms with van der Waals surface area (Å²) in [5.41, 5.74) is 1.08. The van der Waals surface area contributed by atoms with E-state index in [0.717, 1.165) is 16.6 Å². The van der Waals surface area contributed by atoms with Crippen molar-refractivity contribution in [1.29, 1.82) is 0 Å². The Balaban J connectivity index is 2.17. The minimum Gasteiger partial charge on any atom is -0.337 e. The predicted molar refractivity (Wildman–Crippen MR) is 57.6 cm³/mol. The van der Waals surface area contributed by atoms with Gasteiger partial charge < -0.3 is 5.32 Å². The van der Waals surface area contributed by atoms with E-state index in [1.54, 1.807) is 0 Å². The van der Waals surface area contributed by atoms with Gasteiger partial charge in [-0.05, 0) is 17.7 Å². The number of amides is 1. The quantitative estimate of drug-likeness (QED) is 0.799. The van der Waals surface area contributed by atoms with Crippen molar-refractivity contribution in [3.8, 4) is 0 Å². The highest BCUT2D eigenvalue weighted by atomic mass is 79.9. The molecule has 1 aliphatic rings. The van der Waals surface area contributed by atoms with Gasteiger partial charge in [-0.15, -0.1) is 0 Å². The van der Waals surface area contributed by atoms with E-state index in [1.165, 1.54) is 0 Å². The van der Waals surface area contributed by atoms with E-state index >= 15 is 0 Å². The highest BCUT2D eigenvalue weighted by Crippen LogP contribution is 2.17. The molecule has 1 aromatic carbocycles. The monoisotopic (exact) mass is 254 g/mol. The van der Waals surface area contributed by atoms with Gasteiger partial charge in [0.2, 0.25) is 5.91 Å². The Hall–Kier alpha value is -0.870. The Labute approximate surface area is 91.0 Å². The lowest BCUT2D eigenvalue weighted by molar-refractivity contribution is -0.123. The number of nitrogens with one attached hydrogen (secondary N) is 2. The molecule has 2 N–H and O–H groups in total. The minimum atomic E-state index is -0.0475. The van der Waals surface area contributed by atoms with Crippen LogP contribution in [0.2, 0.25) is 0 Å². The first-order valence-electron chi connectivity index (χ1n) is 4.54. The van der Waals surface area contributed by atoms with E-state index in [0.29, 0.717) is 6.42 Å². The van der Waals surface area contributed by atoms with Crippen LogP contribution >= 0.6 is 15.9 Å². The summed E-state index contributed by atoms with van der Waals surface area (Å²) in [6.45, 7) is 0.739. The molecule has 1 aromatic rings. The Morgan fingerprint density at radius 1 is 1.43 bits per heavy atom. The third kappa shape index (κ3) is 2.13. The van der Waals surface area contributed by atoms with Gasteiger partial charge in [0.05, 0.1) is 0 Å². The summed E-state index contributed by atoms with van der Waals surface area (Å²) in [6, 6.07) is 7.92. The van der Waals surface area contributed by atoms with Crippen LogP contribution in [0.1, 0.15) is 18.2 Å². The molecule has 0 aliphatic carbocycles. The van der Waals surface area contributed by atoms with Crippen molar-refractivity contribution in [3.63, 3.8) is 0 Å². The van der Waals surface area contributed by atoms with Gasteiger partial charge in [-0.1, -0.05) is 28.1 Å². The Morgan fingerprint density at radius 3 is 3.00 bits per heavy atom. The van der Waals surface area contributed by atoms with E-state index < -0.39 is 0 Å². The summed E-state index contributed by atoms with van der Waals surface area (Å²) in [6.07, 6.45) is 0.513. The summed E-state index contributed by atoms with van der Waals surface area (Å²) in [5, 5.41) is 6.13. The maximum absolute atomic E-state index is 11.2. The largest absolute Gasteiger partial charge is 0.337 e. The number of carbonyl (C=O) groups excluding carboxylic acids is 1. The van der Waals surface area contributed by atoms with E-state index in [1.807, 2.05) is 24.3 Å². The summed E-state index contributed by atoms with van der Waals surface area (Å²) < 4.78 is 1.02. The molecule has 0 spiro atoms. The molecule has 0 unspecified atom stereocenters. The second kappa shape index (κ2) is 4.11. The van der Waals surface area contributed by atoms with Crippen molar-refractivity contribution in [1.82, 2.24) is 10.6 Å². The topological polar surface area (TPSA) is 41.1 Å². The lowest BCUT2D eigenvalue weighted by atomic mass is 10.1. The fraction of sp³-hybridized carbons (Fsp3) is 0.300.